The first-order valence-electron chi connectivity index (χ1n) is 6.67. The number of pyridine rings is 1. The third kappa shape index (κ3) is 2.83. The minimum absolute atomic E-state index is 0.143. The molecule has 3 aromatic rings. The summed E-state index contributed by atoms with van der Waals surface area (Å²) in [6.07, 6.45) is 1.79. The molecule has 2 aromatic carbocycles. The van der Waals surface area contributed by atoms with Gasteiger partial charge in [0.1, 0.15) is 5.82 Å². The van der Waals surface area contributed by atoms with Crippen molar-refractivity contribution >= 4 is 28.2 Å². The standard InChI is InChI=1S/C17H14ClFN2/c1-11-4-7-16(13-3-2-8-20-17(11)13)21-10-12-5-6-15(19)14(18)9-12/h2-9,21H,10H2,1H3. The van der Waals surface area contributed by atoms with Gasteiger partial charge < -0.3 is 5.32 Å². The molecule has 0 radical (unpaired) electrons. The van der Waals surface area contributed by atoms with Crippen LogP contribution < -0.4 is 5.32 Å². The van der Waals surface area contributed by atoms with E-state index in [4.69, 9.17) is 11.6 Å². The first-order chi connectivity index (χ1) is 10.1. The van der Waals surface area contributed by atoms with Gasteiger partial charge in [0.05, 0.1) is 10.5 Å². The maximum atomic E-state index is 13.2. The predicted octanol–water partition coefficient (Wildman–Crippen LogP) is 4.95. The van der Waals surface area contributed by atoms with Gasteiger partial charge in [0.2, 0.25) is 0 Å². The highest BCUT2D eigenvalue weighted by molar-refractivity contribution is 6.30. The number of hydrogen-bond acceptors (Lipinski definition) is 2. The SMILES string of the molecule is Cc1ccc(NCc2ccc(F)c(Cl)c2)c2cccnc12. The summed E-state index contributed by atoms with van der Waals surface area (Å²) in [5, 5.41) is 4.57. The maximum Gasteiger partial charge on any atom is 0.141 e. The van der Waals surface area contributed by atoms with Crippen molar-refractivity contribution in [1.29, 1.82) is 0 Å². The van der Waals surface area contributed by atoms with E-state index in [1.807, 2.05) is 31.2 Å². The number of benzene rings is 2. The Morgan fingerprint density at radius 2 is 2.05 bits per heavy atom. The highest BCUT2D eigenvalue weighted by Crippen LogP contribution is 2.25. The van der Waals surface area contributed by atoms with Crippen molar-refractivity contribution in [3.8, 4) is 0 Å². The molecule has 4 heteroatoms. The van der Waals surface area contributed by atoms with Crippen LogP contribution in [-0.2, 0) is 6.54 Å². The fourth-order valence-corrected chi connectivity index (χ4v) is 2.52. The fourth-order valence-electron chi connectivity index (χ4n) is 2.31. The van der Waals surface area contributed by atoms with Crippen molar-refractivity contribution in [2.75, 3.05) is 5.32 Å². The van der Waals surface area contributed by atoms with E-state index in [9.17, 15) is 4.39 Å². The Morgan fingerprint density at radius 1 is 1.19 bits per heavy atom. The lowest BCUT2D eigenvalue weighted by Gasteiger charge is -2.11. The number of aryl methyl sites for hydroxylation is 1. The van der Waals surface area contributed by atoms with Crippen LogP contribution in [0.25, 0.3) is 10.9 Å². The molecule has 0 saturated heterocycles. The second-order valence-electron chi connectivity index (χ2n) is 4.93. The van der Waals surface area contributed by atoms with Crippen molar-refractivity contribution in [2.24, 2.45) is 0 Å². The number of anilines is 1. The lowest BCUT2D eigenvalue weighted by Crippen LogP contribution is -2.01. The summed E-state index contributed by atoms with van der Waals surface area (Å²) in [5.41, 5.74) is 4.06. The predicted molar refractivity (Wildman–Crippen MR) is 85.2 cm³/mol. The average molecular weight is 301 g/mol. The van der Waals surface area contributed by atoms with Crippen LogP contribution in [0.5, 0.6) is 0 Å². The number of nitrogens with one attached hydrogen (secondary N) is 1. The van der Waals surface area contributed by atoms with Crippen LogP contribution in [0.1, 0.15) is 11.1 Å². The minimum Gasteiger partial charge on any atom is -0.380 e. The van der Waals surface area contributed by atoms with E-state index in [1.165, 1.54) is 6.07 Å². The van der Waals surface area contributed by atoms with E-state index in [2.05, 4.69) is 10.3 Å². The van der Waals surface area contributed by atoms with E-state index in [-0.39, 0.29) is 5.02 Å². The molecule has 0 atom stereocenters. The van der Waals surface area contributed by atoms with Crippen molar-refractivity contribution in [3.05, 3.63) is 70.6 Å². The molecule has 0 aliphatic heterocycles. The molecule has 2 nitrogen and oxygen atoms in total. The van der Waals surface area contributed by atoms with Crippen molar-refractivity contribution < 1.29 is 4.39 Å². The normalized spacial score (nSPS) is 10.8. The Balaban J connectivity index is 1.88. The molecule has 0 spiro atoms. The Bertz CT molecular complexity index is 802. The molecule has 0 fully saturated rings. The minimum atomic E-state index is -0.398. The van der Waals surface area contributed by atoms with Crippen LogP contribution in [0, 0.1) is 12.7 Å². The van der Waals surface area contributed by atoms with Crippen LogP contribution >= 0.6 is 11.6 Å². The van der Waals surface area contributed by atoms with Gasteiger partial charge in [0.25, 0.3) is 0 Å². The second-order valence-corrected chi connectivity index (χ2v) is 5.34. The number of nitrogens with zero attached hydrogens (tertiary/aromatic N) is 1. The maximum absolute atomic E-state index is 13.2. The molecule has 1 N–H and O–H groups in total. The van der Waals surface area contributed by atoms with E-state index in [0.717, 1.165) is 27.7 Å². The van der Waals surface area contributed by atoms with Crippen LogP contribution in [0.15, 0.2) is 48.7 Å². The van der Waals surface area contributed by atoms with Crippen molar-refractivity contribution in [2.45, 2.75) is 13.5 Å². The number of rotatable bonds is 3. The van der Waals surface area contributed by atoms with Crippen LogP contribution in [0.2, 0.25) is 5.02 Å². The third-order valence-electron chi connectivity index (χ3n) is 3.44. The smallest absolute Gasteiger partial charge is 0.141 e. The molecule has 0 aliphatic carbocycles. The van der Waals surface area contributed by atoms with E-state index < -0.39 is 5.82 Å². The Kier molecular flexibility index (Phi) is 3.76. The fraction of sp³-hybridized carbons (Fsp3) is 0.118. The largest absolute Gasteiger partial charge is 0.380 e. The van der Waals surface area contributed by atoms with Gasteiger partial charge >= 0.3 is 0 Å². The molecule has 3 rings (SSSR count). The Morgan fingerprint density at radius 3 is 2.86 bits per heavy atom. The van der Waals surface area contributed by atoms with E-state index >= 15 is 0 Å². The third-order valence-corrected chi connectivity index (χ3v) is 3.73. The van der Waals surface area contributed by atoms with Gasteiger partial charge in [-0.3, -0.25) is 4.98 Å². The molecule has 1 heterocycles. The second kappa shape index (κ2) is 5.70. The summed E-state index contributed by atoms with van der Waals surface area (Å²) in [6, 6.07) is 12.8. The first-order valence-corrected chi connectivity index (χ1v) is 7.05. The monoisotopic (exact) mass is 300 g/mol. The Hall–Kier alpha value is -2.13. The molecule has 0 amide bonds. The number of aromatic nitrogens is 1. The topological polar surface area (TPSA) is 24.9 Å². The van der Waals surface area contributed by atoms with Gasteiger partial charge in [0.15, 0.2) is 0 Å². The number of halogens is 2. The molecule has 0 bridgehead atoms. The molecule has 1 aromatic heterocycles. The molecule has 0 aliphatic rings. The highest BCUT2D eigenvalue weighted by Gasteiger charge is 2.05. The zero-order chi connectivity index (χ0) is 14.8. The van der Waals surface area contributed by atoms with Crippen LogP contribution in [0.3, 0.4) is 0 Å². The zero-order valence-corrected chi connectivity index (χ0v) is 12.3. The molecule has 0 unspecified atom stereocenters. The summed E-state index contributed by atoms with van der Waals surface area (Å²) in [6.45, 7) is 2.62. The van der Waals surface area contributed by atoms with Gasteiger partial charge in [-0.1, -0.05) is 23.7 Å². The highest BCUT2D eigenvalue weighted by atomic mass is 35.5. The van der Waals surface area contributed by atoms with Crippen molar-refractivity contribution in [3.63, 3.8) is 0 Å². The van der Waals surface area contributed by atoms with Crippen molar-refractivity contribution in [1.82, 2.24) is 4.98 Å². The van der Waals surface area contributed by atoms with Crippen LogP contribution in [0.4, 0.5) is 10.1 Å². The summed E-state index contributed by atoms with van der Waals surface area (Å²) in [7, 11) is 0. The molecular formula is C17H14ClFN2. The van der Waals surface area contributed by atoms with E-state index in [0.29, 0.717) is 6.54 Å². The van der Waals surface area contributed by atoms with Gasteiger partial charge in [0, 0.05) is 23.8 Å². The summed E-state index contributed by atoms with van der Waals surface area (Å²) >= 11 is 5.80. The quantitative estimate of drug-likeness (QED) is 0.740. The molecule has 106 valence electrons. The van der Waals surface area contributed by atoms with Crippen LogP contribution in [-0.4, -0.2) is 4.98 Å². The Labute approximate surface area is 127 Å². The summed E-state index contributed by atoms with van der Waals surface area (Å²) in [4.78, 5) is 4.41. The zero-order valence-electron chi connectivity index (χ0n) is 11.5. The molecule has 0 saturated carbocycles. The van der Waals surface area contributed by atoms with Gasteiger partial charge in [-0.05, 0) is 48.4 Å². The van der Waals surface area contributed by atoms with E-state index in [1.54, 1.807) is 18.3 Å². The lowest BCUT2D eigenvalue weighted by atomic mass is 10.1. The first kappa shape index (κ1) is 13.8. The van der Waals surface area contributed by atoms with Gasteiger partial charge in [-0.25, -0.2) is 4.39 Å². The lowest BCUT2D eigenvalue weighted by molar-refractivity contribution is 0.627. The molecule has 21 heavy (non-hydrogen) atoms. The van der Waals surface area contributed by atoms with Gasteiger partial charge in [-0.15, -0.1) is 0 Å². The summed E-state index contributed by atoms with van der Waals surface area (Å²) < 4.78 is 13.2. The molecular weight excluding hydrogens is 287 g/mol. The number of hydrogen-bond donors (Lipinski definition) is 1. The number of fused-ring (bicyclic) bond motifs is 1. The van der Waals surface area contributed by atoms with Gasteiger partial charge in [-0.2, -0.15) is 0 Å². The summed E-state index contributed by atoms with van der Waals surface area (Å²) in [5.74, 6) is -0.398. The average Bonchev–Trinajstić information content (AvgIpc) is 2.50.